The second-order valence-electron chi connectivity index (χ2n) is 3.26. The number of oxime groups is 1. The number of hydrogen-bond acceptors (Lipinski definition) is 5. The first kappa shape index (κ1) is 13.7. The first-order valence-electron chi connectivity index (χ1n) is 4.10. The van der Waals surface area contributed by atoms with E-state index in [0.717, 1.165) is 11.2 Å². The molecule has 0 bridgehead atoms. The van der Waals surface area contributed by atoms with Crippen molar-refractivity contribution in [1.29, 1.82) is 0 Å². The van der Waals surface area contributed by atoms with E-state index in [2.05, 4.69) is 5.16 Å². The molecule has 1 atom stereocenters. The van der Waals surface area contributed by atoms with Crippen molar-refractivity contribution >= 4 is 21.6 Å². The van der Waals surface area contributed by atoms with Crippen molar-refractivity contribution in [3.8, 4) is 0 Å². The molecule has 0 aromatic rings. The standard InChI is InChI=1S/C7H15N3O4S/c1-5(15(3,13)14)7(11)10(2)4-6(8)9-12/h5,12H,4H2,1-3H3,(H2,8,9). The Morgan fingerprint density at radius 2 is 2.07 bits per heavy atom. The number of amides is 1. The summed E-state index contributed by atoms with van der Waals surface area (Å²) >= 11 is 0. The van der Waals surface area contributed by atoms with Crippen molar-refractivity contribution in [3.63, 3.8) is 0 Å². The summed E-state index contributed by atoms with van der Waals surface area (Å²) in [6, 6.07) is 0. The van der Waals surface area contributed by atoms with Crippen molar-refractivity contribution in [1.82, 2.24) is 4.90 Å². The topological polar surface area (TPSA) is 113 Å². The molecule has 88 valence electrons. The van der Waals surface area contributed by atoms with E-state index >= 15 is 0 Å². The maximum Gasteiger partial charge on any atom is 0.240 e. The van der Waals surface area contributed by atoms with Crippen LogP contribution in [0.1, 0.15) is 6.92 Å². The second kappa shape index (κ2) is 4.96. The lowest BCUT2D eigenvalue weighted by atomic mass is 10.4. The van der Waals surface area contributed by atoms with Crippen molar-refractivity contribution in [2.24, 2.45) is 10.9 Å². The van der Waals surface area contributed by atoms with E-state index < -0.39 is 21.0 Å². The maximum atomic E-state index is 11.5. The monoisotopic (exact) mass is 237 g/mol. The van der Waals surface area contributed by atoms with Gasteiger partial charge in [0, 0.05) is 13.3 Å². The number of likely N-dealkylation sites (N-methyl/N-ethyl adjacent to an activating group) is 1. The SMILES string of the molecule is CC(C(=O)N(C)CC(N)=NO)S(C)(=O)=O. The third-order valence-electron chi connectivity index (χ3n) is 1.89. The molecule has 1 amide bonds. The molecule has 0 aromatic carbocycles. The van der Waals surface area contributed by atoms with Crippen molar-refractivity contribution < 1.29 is 18.4 Å². The number of carbonyl (C=O) groups is 1. The summed E-state index contributed by atoms with van der Waals surface area (Å²) in [6.07, 6.45) is 0.979. The third kappa shape index (κ3) is 4.15. The molecule has 0 heterocycles. The van der Waals surface area contributed by atoms with E-state index in [4.69, 9.17) is 10.9 Å². The number of nitrogens with two attached hydrogens (primary N) is 1. The highest BCUT2D eigenvalue weighted by Gasteiger charge is 2.26. The molecule has 7 nitrogen and oxygen atoms in total. The highest BCUT2D eigenvalue weighted by molar-refractivity contribution is 7.92. The van der Waals surface area contributed by atoms with Gasteiger partial charge in [-0.25, -0.2) is 8.42 Å². The Morgan fingerprint density at radius 1 is 1.60 bits per heavy atom. The van der Waals surface area contributed by atoms with Crippen LogP contribution in [0, 0.1) is 0 Å². The van der Waals surface area contributed by atoms with Crippen LogP contribution in [0.3, 0.4) is 0 Å². The summed E-state index contributed by atoms with van der Waals surface area (Å²) in [6.45, 7) is 1.18. The average Bonchev–Trinajstić information content (AvgIpc) is 2.13. The van der Waals surface area contributed by atoms with Gasteiger partial charge < -0.3 is 15.8 Å². The lowest BCUT2D eigenvalue weighted by molar-refractivity contribution is -0.128. The zero-order valence-electron chi connectivity index (χ0n) is 8.84. The number of sulfone groups is 1. The summed E-state index contributed by atoms with van der Waals surface area (Å²) in [5.74, 6) is -0.754. The highest BCUT2D eigenvalue weighted by Crippen LogP contribution is 2.02. The predicted octanol–water partition coefficient (Wildman–Crippen LogP) is -1.38. The van der Waals surface area contributed by atoms with Crippen LogP contribution < -0.4 is 5.73 Å². The summed E-state index contributed by atoms with van der Waals surface area (Å²) in [5.41, 5.74) is 5.18. The minimum Gasteiger partial charge on any atom is -0.409 e. The Labute approximate surface area is 88.5 Å². The number of carbonyl (C=O) groups excluding carboxylic acids is 1. The van der Waals surface area contributed by atoms with Crippen LogP contribution in [-0.4, -0.2) is 55.4 Å². The van der Waals surface area contributed by atoms with Gasteiger partial charge in [-0.2, -0.15) is 0 Å². The number of amidine groups is 1. The first-order valence-corrected chi connectivity index (χ1v) is 6.05. The highest BCUT2D eigenvalue weighted by atomic mass is 32.2. The summed E-state index contributed by atoms with van der Waals surface area (Å²) < 4.78 is 22.1. The van der Waals surface area contributed by atoms with Gasteiger partial charge in [0.05, 0.1) is 6.54 Å². The van der Waals surface area contributed by atoms with Gasteiger partial charge in [-0.15, -0.1) is 0 Å². The number of nitrogens with zero attached hydrogens (tertiary/aromatic N) is 2. The van der Waals surface area contributed by atoms with Gasteiger partial charge in [0.15, 0.2) is 15.7 Å². The van der Waals surface area contributed by atoms with Crippen LogP contribution in [0.2, 0.25) is 0 Å². The summed E-state index contributed by atoms with van der Waals surface area (Å²) in [7, 11) is -2.05. The maximum absolute atomic E-state index is 11.5. The molecular weight excluding hydrogens is 222 g/mol. The Kier molecular flexibility index (Phi) is 4.53. The molecule has 0 saturated carbocycles. The zero-order valence-corrected chi connectivity index (χ0v) is 9.65. The fraction of sp³-hybridized carbons (Fsp3) is 0.714. The van der Waals surface area contributed by atoms with E-state index in [1.165, 1.54) is 14.0 Å². The largest absolute Gasteiger partial charge is 0.409 e. The number of rotatable bonds is 4. The Morgan fingerprint density at radius 3 is 2.40 bits per heavy atom. The quantitative estimate of drug-likeness (QED) is 0.271. The fourth-order valence-electron chi connectivity index (χ4n) is 0.846. The van der Waals surface area contributed by atoms with Gasteiger partial charge in [0.2, 0.25) is 5.91 Å². The van der Waals surface area contributed by atoms with Crippen LogP contribution in [0.4, 0.5) is 0 Å². The van der Waals surface area contributed by atoms with Gasteiger partial charge in [-0.3, -0.25) is 4.79 Å². The van der Waals surface area contributed by atoms with Crippen molar-refractivity contribution in [3.05, 3.63) is 0 Å². The molecule has 0 aliphatic carbocycles. The average molecular weight is 237 g/mol. The fourth-order valence-corrected chi connectivity index (χ4v) is 1.39. The first-order chi connectivity index (χ1) is 6.70. The van der Waals surface area contributed by atoms with E-state index in [1.807, 2.05) is 0 Å². The Hall–Kier alpha value is -1.31. The van der Waals surface area contributed by atoms with Gasteiger partial charge in [-0.1, -0.05) is 5.16 Å². The molecule has 0 fully saturated rings. The number of hydrogen-bond donors (Lipinski definition) is 2. The van der Waals surface area contributed by atoms with Crippen molar-refractivity contribution in [2.75, 3.05) is 19.8 Å². The normalized spacial score (nSPS) is 14.7. The van der Waals surface area contributed by atoms with Crippen LogP contribution in [0.5, 0.6) is 0 Å². The van der Waals surface area contributed by atoms with Gasteiger partial charge >= 0.3 is 0 Å². The van der Waals surface area contributed by atoms with E-state index in [0.29, 0.717) is 0 Å². The van der Waals surface area contributed by atoms with Crippen molar-refractivity contribution in [2.45, 2.75) is 12.2 Å². The van der Waals surface area contributed by atoms with Gasteiger partial charge in [0.1, 0.15) is 5.25 Å². The molecule has 1 unspecified atom stereocenters. The van der Waals surface area contributed by atoms with Gasteiger partial charge in [-0.05, 0) is 6.92 Å². The van der Waals surface area contributed by atoms with Crippen LogP contribution in [-0.2, 0) is 14.6 Å². The molecule has 0 saturated heterocycles. The minimum absolute atomic E-state index is 0.116. The molecule has 0 aliphatic rings. The molecule has 0 radical (unpaired) electrons. The molecular formula is C7H15N3O4S. The molecule has 0 spiro atoms. The van der Waals surface area contributed by atoms with Gasteiger partial charge in [0.25, 0.3) is 0 Å². The Balaban J connectivity index is 4.60. The summed E-state index contributed by atoms with van der Waals surface area (Å²) in [5, 5.41) is 9.82. The van der Waals surface area contributed by atoms with E-state index in [9.17, 15) is 13.2 Å². The minimum atomic E-state index is -3.42. The molecule has 8 heteroatoms. The second-order valence-corrected chi connectivity index (χ2v) is 5.62. The molecule has 15 heavy (non-hydrogen) atoms. The van der Waals surface area contributed by atoms with Crippen LogP contribution >= 0.6 is 0 Å². The zero-order chi connectivity index (χ0) is 12.2. The lowest BCUT2D eigenvalue weighted by Gasteiger charge is -2.19. The van der Waals surface area contributed by atoms with E-state index in [1.54, 1.807) is 0 Å². The molecule has 0 rings (SSSR count). The molecule has 3 N–H and O–H groups in total. The smallest absolute Gasteiger partial charge is 0.240 e. The van der Waals surface area contributed by atoms with Crippen LogP contribution in [0.25, 0.3) is 0 Å². The lowest BCUT2D eigenvalue weighted by Crippen LogP contribution is -2.42. The Bertz CT molecular complexity index is 362. The van der Waals surface area contributed by atoms with Crippen LogP contribution in [0.15, 0.2) is 5.16 Å². The third-order valence-corrected chi connectivity index (χ3v) is 3.38. The van der Waals surface area contributed by atoms with E-state index in [-0.39, 0.29) is 12.4 Å². The molecule has 0 aromatic heterocycles. The summed E-state index contributed by atoms with van der Waals surface area (Å²) in [4.78, 5) is 12.6. The predicted molar refractivity (Wildman–Crippen MR) is 55.4 cm³/mol. The molecule has 0 aliphatic heterocycles.